The highest BCUT2D eigenvalue weighted by Gasteiger charge is 2.28. The van der Waals surface area contributed by atoms with Crippen molar-refractivity contribution in [2.45, 2.75) is 19.1 Å². The van der Waals surface area contributed by atoms with Gasteiger partial charge in [0.05, 0.1) is 13.2 Å². The van der Waals surface area contributed by atoms with Crippen LogP contribution in [-0.4, -0.2) is 20.4 Å². The lowest BCUT2D eigenvalue weighted by Gasteiger charge is -2.29. The molecule has 1 unspecified atom stereocenters. The molecular formula is C24H22BrNO4. The van der Waals surface area contributed by atoms with Crippen LogP contribution in [0.3, 0.4) is 0 Å². The summed E-state index contributed by atoms with van der Waals surface area (Å²) in [5.41, 5.74) is 4.68. The van der Waals surface area contributed by atoms with Crippen molar-refractivity contribution in [1.29, 1.82) is 0 Å². The third kappa shape index (κ3) is 3.61. The van der Waals surface area contributed by atoms with Crippen molar-refractivity contribution in [2.75, 3.05) is 20.4 Å². The first-order chi connectivity index (χ1) is 14.7. The van der Waals surface area contributed by atoms with Gasteiger partial charge in [0.2, 0.25) is 6.79 Å². The van der Waals surface area contributed by atoms with Gasteiger partial charge in [-0.05, 0) is 52.9 Å². The van der Waals surface area contributed by atoms with E-state index < -0.39 is 0 Å². The zero-order chi connectivity index (χ0) is 20.5. The average molecular weight is 468 g/mol. The maximum absolute atomic E-state index is 6.06. The van der Waals surface area contributed by atoms with E-state index in [0.29, 0.717) is 18.1 Å². The first-order valence-electron chi connectivity index (χ1n) is 9.93. The Bertz CT molecular complexity index is 1070. The van der Waals surface area contributed by atoms with Crippen LogP contribution in [0.2, 0.25) is 0 Å². The van der Waals surface area contributed by atoms with E-state index in [1.807, 2.05) is 42.5 Å². The van der Waals surface area contributed by atoms with Gasteiger partial charge in [0.25, 0.3) is 0 Å². The SMILES string of the molecule is COc1cc(C2NCCc3cc4c(cc32)OCO4)c(Br)cc1OCc1ccccc1. The van der Waals surface area contributed by atoms with Crippen molar-refractivity contribution < 1.29 is 18.9 Å². The van der Waals surface area contributed by atoms with Crippen molar-refractivity contribution in [3.63, 3.8) is 0 Å². The number of hydrogen-bond acceptors (Lipinski definition) is 5. The van der Waals surface area contributed by atoms with Gasteiger partial charge < -0.3 is 24.3 Å². The summed E-state index contributed by atoms with van der Waals surface area (Å²) in [5.74, 6) is 3.04. The van der Waals surface area contributed by atoms with E-state index in [2.05, 4.69) is 33.4 Å². The molecule has 0 aliphatic carbocycles. The maximum atomic E-state index is 6.06. The van der Waals surface area contributed by atoms with Crippen LogP contribution in [0.1, 0.15) is 28.3 Å². The molecule has 2 aliphatic heterocycles. The number of rotatable bonds is 5. The summed E-state index contributed by atoms with van der Waals surface area (Å²) >= 11 is 3.76. The van der Waals surface area contributed by atoms with Gasteiger partial charge in [-0.3, -0.25) is 0 Å². The molecule has 0 saturated carbocycles. The molecule has 5 rings (SSSR count). The Morgan fingerprint density at radius 2 is 1.80 bits per heavy atom. The second kappa shape index (κ2) is 8.20. The summed E-state index contributed by atoms with van der Waals surface area (Å²) in [6.45, 7) is 1.65. The molecule has 0 radical (unpaired) electrons. The molecule has 5 nitrogen and oxygen atoms in total. The molecule has 0 saturated heterocycles. The van der Waals surface area contributed by atoms with Crippen molar-refractivity contribution in [3.8, 4) is 23.0 Å². The molecule has 0 bridgehead atoms. The smallest absolute Gasteiger partial charge is 0.231 e. The topological polar surface area (TPSA) is 49.0 Å². The molecule has 1 N–H and O–H groups in total. The lowest BCUT2D eigenvalue weighted by Crippen LogP contribution is -2.30. The Morgan fingerprint density at radius 1 is 1.00 bits per heavy atom. The highest BCUT2D eigenvalue weighted by molar-refractivity contribution is 9.10. The third-order valence-corrected chi connectivity index (χ3v) is 6.21. The van der Waals surface area contributed by atoms with Crippen LogP contribution in [0.15, 0.2) is 59.1 Å². The Kier molecular flexibility index (Phi) is 5.27. The summed E-state index contributed by atoms with van der Waals surface area (Å²) in [6.07, 6.45) is 0.954. The normalized spacial score (nSPS) is 16.8. The minimum Gasteiger partial charge on any atom is -0.493 e. The maximum Gasteiger partial charge on any atom is 0.231 e. The van der Waals surface area contributed by atoms with Crippen LogP contribution in [0, 0.1) is 0 Å². The number of hydrogen-bond donors (Lipinski definition) is 1. The molecule has 2 aliphatic rings. The number of fused-ring (bicyclic) bond motifs is 2. The molecule has 1 atom stereocenters. The van der Waals surface area contributed by atoms with Gasteiger partial charge in [0.15, 0.2) is 23.0 Å². The highest BCUT2D eigenvalue weighted by atomic mass is 79.9. The minimum absolute atomic E-state index is 0.0229. The Hall–Kier alpha value is -2.70. The summed E-state index contributed by atoms with van der Waals surface area (Å²) in [7, 11) is 1.67. The van der Waals surface area contributed by atoms with Crippen LogP contribution in [0.25, 0.3) is 0 Å². The summed E-state index contributed by atoms with van der Waals surface area (Å²) < 4.78 is 23.9. The number of halogens is 1. The van der Waals surface area contributed by atoms with Gasteiger partial charge in [0.1, 0.15) is 6.61 Å². The predicted molar refractivity (Wildman–Crippen MR) is 118 cm³/mol. The number of benzene rings is 3. The molecule has 3 aromatic rings. The van der Waals surface area contributed by atoms with Gasteiger partial charge in [-0.25, -0.2) is 0 Å². The van der Waals surface area contributed by atoms with E-state index in [1.54, 1.807) is 7.11 Å². The lowest BCUT2D eigenvalue weighted by atomic mass is 9.89. The van der Waals surface area contributed by atoms with E-state index in [1.165, 1.54) is 11.1 Å². The number of methoxy groups -OCH3 is 1. The summed E-state index contributed by atoms with van der Waals surface area (Å²) in [6, 6.07) is 18.3. The van der Waals surface area contributed by atoms with Gasteiger partial charge >= 0.3 is 0 Å². The van der Waals surface area contributed by atoms with Crippen molar-refractivity contribution in [1.82, 2.24) is 5.32 Å². The average Bonchev–Trinajstić information content (AvgIpc) is 3.24. The van der Waals surface area contributed by atoms with Crippen LogP contribution in [-0.2, 0) is 13.0 Å². The fraction of sp³-hybridized carbons (Fsp3) is 0.250. The fourth-order valence-electron chi connectivity index (χ4n) is 4.00. The molecular weight excluding hydrogens is 446 g/mol. The van der Waals surface area contributed by atoms with Crippen molar-refractivity contribution in [3.05, 3.63) is 81.3 Å². The second-order valence-corrected chi connectivity index (χ2v) is 8.19. The quantitative estimate of drug-likeness (QED) is 0.571. The van der Waals surface area contributed by atoms with Gasteiger partial charge in [-0.15, -0.1) is 0 Å². The van der Waals surface area contributed by atoms with Gasteiger partial charge in [0, 0.05) is 11.0 Å². The Balaban J connectivity index is 1.47. The molecule has 154 valence electrons. The Labute approximate surface area is 184 Å². The number of ether oxygens (including phenoxy) is 4. The predicted octanol–water partition coefficient (Wildman–Crippen LogP) is 5.00. The van der Waals surface area contributed by atoms with Crippen LogP contribution < -0.4 is 24.3 Å². The van der Waals surface area contributed by atoms with E-state index in [-0.39, 0.29) is 12.8 Å². The molecule has 3 aromatic carbocycles. The highest BCUT2D eigenvalue weighted by Crippen LogP contribution is 2.43. The van der Waals surface area contributed by atoms with E-state index in [9.17, 15) is 0 Å². The van der Waals surface area contributed by atoms with Crippen LogP contribution >= 0.6 is 15.9 Å². The largest absolute Gasteiger partial charge is 0.493 e. The molecule has 6 heteroatoms. The monoisotopic (exact) mass is 467 g/mol. The van der Waals surface area contributed by atoms with Gasteiger partial charge in [-0.2, -0.15) is 0 Å². The third-order valence-electron chi connectivity index (χ3n) is 5.52. The fourth-order valence-corrected chi connectivity index (χ4v) is 4.55. The molecule has 0 spiro atoms. The number of nitrogens with one attached hydrogen (secondary N) is 1. The minimum atomic E-state index is 0.0229. The van der Waals surface area contributed by atoms with Crippen LogP contribution in [0.5, 0.6) is 23.0 Å². The molecule has 2 heterocycles. The molecule has 0 fully saturated rings. The first-order valence-corrected chi connectivity index (χ1v) is 10.7. The first kappa shape index (κ1) is 19.3. The standard InChI is InChI=1S/C24H22BrNO4/c1-27-20-11-18(19(25)12-23(20)28-13-15-5-3-2-4-6-15)24-17-10-22-21(29-14-30-22)9-16(17)7-8-26-24/h2-6,9-12,24,26H,7-8,13-14H2,1H3. The lowest BCUT2D eigenvalue weighted by molar-refractivity contribution is 0.174. The van der Waals surface area contributed by atoms with E-state index in [4.69, 9.17) is 18.9 Å². The zero-order valence-electron chi connectivity index (χ0n) is 16.6. The summed E-state index contributed by atoms with van der Waals surface area (Å²) in [5, 5.41) is 3.63. The van der Waals surface area contributed by atoms with E-state index in [0.717, 1.165) is 40.1 Å². The zero-order valence-corrected chi connectivity index (χ0v) is 18.2. The molecule has 0 aromatic heterocycles. The molecule has 0 amide bonds. The van der Waals surface area contributed by atoms with Crippen molar-refractivity contribution in [2.24, 2.45) is 0 Å². The van der Waals surface area contributed by atoms with E-state index >= 15 is 0 Å². The Morgan fingerprint density at radius 3 is 2.60 bits per heavy atom. The summed E-state index contributed by atoms with van der Waals surface area (Å²) in [4.78, 5) is 0. The van der Waals surface area contributed by atoms with Crippen LogP contribution in [0.4, 0.5) is 0 Å². The van der Waals surface area contributed by atoms with Crippen molar-refractivity contribution >= 4 is 15.9 Å². The second-order valence-electron chi connectivity index (χ2n) is 7.34. The van der Waals surface area contributed by atoms with Gasteiger partial charge in [-0.1, -0.05) is 46.3 Å². The molecule has 30 heavy (non-hydrogen) atoms.